The monoisotopic (exact) mass is 204 g/mol. The number of halogens is 2. The van der Waals surface area contributed by atoms with Gasteiger partial charge in [0.15, 0.2) is 0 Å². The van der Waals surface area contributed by atoms with Gasteiger partial charge in [-0.15, -0.1) is 0 Å². The van der Waals surface area contributed by atoms with Crippen molar-refractivity contribution in [1.29, 1.82) is 0 Å². The summed E-state index contributed by atoms with van der Waals surface area (Å²) in [5.74, 6) is -4.04. The summed E-state index contributed by atoms with van der Waals surface area (Å²) in [6.07, 6.45) is 0. The molecule has 0 unspecified atom stereocenters. The van der Waals surface area contributed by atoms with E-state index < -0.39 is 19.3 Å². The van der Waals surface area contributed by atoms with Gasteiger partial charge in [-0.05, 0) is 0 Å². The number of carbonyl (C=O) groups excluding carboxylic acids is 2. The van der Waals surface area contributed by atoms with E-state index in [9.17, 15) is 18.6 Å². The zero-order valence-electron chi connectivity index (χ0n) is 9.31. The Morgan fingerprint density at radius 2 is 1.14 bits per heavy atom. The number of hydrogen-bond acceptors (Lipinski definition) is 7. The van der Waals surface area contributed by atoms with E-state index in [0.29, 0.717) is 0 Å². The maximum Gasteiger partial charge on any atom is 1.00 e. The normalized spacial score (nSPS) is 6.36. The van der Waals surface area contributed by atoms with Crippen LogP contribution < -0.4 is 37.7 Å². The molecule has 0 saturated carbocycles. The average molecular weight is 204 g/mol. The summed E-state index contributed by atoms with van der Waals surface area (Å²) in [7, 11) is -2.17. The molecular formula is C2H5BF2Li2O7. The standard InChI is InChI=1S/C2F2O4.BH3O3.2Li.2H/c3-7-1(5)2(6)8-4;2-1(3)4;;;;/h;2-4H;;;;/q;;2*+1;2*-1. The first-order chi connectivity index (χ1) is 5.45. The molecule has 0 saturated heterocycles. The summed E-state index contributed by atoms with van der Waals surface area (Å²) in [5.41, 5.74) is 0. The van der Waals surface area contributed by atoms with Crippen molar-refractivity contribution in [3.63, 3.8) is 0 Å². The Morgan fingerprint density at radius 3 is 1.21 bits per heavy atom. The van der Waals surface area contributed by atoms with Crippen molar-refractivity contribution in [2.45, 2.75) is 0 Å². The van der Waals surface area contributed by atoms with Crippen molar-refractivity contribution < 1.29 is 84.2 Å². The molecule has 0 spiro atoms. The SMILES string of the molecule is O=C(OF)C(=O)OF.OB(O)O.[H-].[H-].[Li+].[Li+]. The fourth-order valence-corrected chi connectivity index (χ4v) is 0.0630. The van der Waals surface area contributed by atoms with E-state index >= 15 is 0 Å². The molecule has 0 aliphatic carbocycles. The molecule has 0 fully saturated rings. The molecule has 3 N–H and O–H groups in total. The van der Waals surface area contributed by atoms with Gasteiger partial charge in [0.2, 0.25) is 0 Å². The number of carbonyl (C=O) groups is 2. The second-order valence-corrected chi connectivity index (χ2v) is 1.08. The van der Waals surface area contributed by atoms with Crippen molar-refractivity contribution in [2.75, 3.05) is 0 Å². The molecule has 0 aromatic rings. The Balaban J connectivity index is -0.0000000281. The zero-order valence-corrected chi connectivity index (χ0v) is 7.31. The third-order valence-electron chi connectivity index (χ3n) is 0.307. The van der Waals surface area contributed by atoms with Crippen LogP contribution in [0.25, 0.3) is 0 Å². The van der Waals surface area contributed by atoms with Crippen molar-refractivity contribution in [2.24, 2.45) is 0 Å². The van der Waals surface area contributed by atoms with Crippen molar-refractivity contribution >= 4 is 19.3 Å². The van der Waals surface area contributed by atoms with Gasteiger partial charge in [-0.2, -0.15) is 0 Å². The molecule has 0 radical (unpaired) electrons. The molecule has 7 nitrogen and oxygen atoms in total. The molecule has 0 aromatic carbocycles. The van der Waals surface area contributed by atoms with Crippen LogP contribution >= 0.6 is 0 Å². The van der Waals surface area contributed by atoms with Gasteiger partial charge in [0, 0.05) is 9.05 Å². The topological polar surface area (TPSA) is 113 Å². The molecule has 12 heteroatoms. The van der Waals surface area contributed by atoms with Gasteiger partial charge in [0.05, 0.1) is 0 Å². The zero-order chi connectivity index (χ0) is 10.1. The largest absolute Gasteiger partial charge is 1.00 e. The summed E-state index contributed by atoms with van der Waals surface area (Å²) in [6, 6.07) is 0. The van der Waals surface area contributed by atoms with Crippen LogP contribution in [0.2, 0.25) is 0 Å². The maximum absolute atomic E-state index is 10.5. The minimum absolute atomic E-state index is 0. The van der Waals surface area contributed by atoms with Gasteiger partial charge in [-0.1, -0.05) is 0 Å². The van der Waals surface area contributed by atoms with Crippen LogP contribution in [0.4, 0.5) is 9.05 Å². The van der Waals surface area contributed by atoms with Crippen LogP contribution in [0.1, 0.15) is 2.85 Å². The molecule has 0 atom stereocenters. The molecule has 0 aliphatic rings. The Morgan fingerprint density at radius 1 is 1.00 bits per heavy atom. The second kappa shape index (κ2) is 15.4. The van der Waals surface area contributed by atoms with Gasteiger partial charge >= 0.3 is 57.0 Å². The van der Waals surface area contributed by atoms with E-state index in [2.05, 4.69) is 9.88 Å². The van der Waals surface area contributed by atoms with Gasteiger partial charge < -0.3 is 17.9 Å². The van der Waals surface area contributed by atoms with Gasteiger partial charge in [0.1, 0.15) is 0 Å². The first kappa shape index (κ1) is 23.6. The Bertz CT molecular complexity index is 149. The molecule has 0 aliphatic heterocycles. The molecule has 0 rings (SSSR count). The summed E-state index contributed by atoms with van der Waals surface area (Å²) in [6.45, 7) is 0. The van der Waals surface area contributed by atoms with Crippen molar-refractivity contribution in [3.05, 3.63) is 0 Å². The minimum Gasteiger partial charge on any atom is -1.00 e. The second-order valence-electron chi connectivity index (χ2n) is 1.08. The summed E-state index contributed by atoms with van der Waals surface area (Å²) < 4.78 is 21.0. The smallest absolute Gasteiger partial charge is 1.00 e. The van der Waals surface area contributed by atoms with Crippen LogP contribution in [0.15, 0.2) is 0 Å². The van der Waals surface area contributed by atoms with Crippen LogP contribution in [0, 0.1) is 0 Å². The van der Waals surface area contributed by atoms with Crippen LogP contribution in [-0.4, -0.2) is 34.3 Å². The van der Waals surface area contributed by atoms with Gasteiger partial charge in [0.25, 0.3) is 0 Å². The Kier molecular flexibility index (Phi) is 26.0. The average Bonchev–Trinajstić information content (AvgIpc) is 2.00. The van der Waals surface area contributed by atoms with Crippen LogP contribution in [-0.2, 0) is 19.5 Å². The molecule has 0 heterocycles. The fourth-order valence-electron chi connectivity index (χ4n) is 0.0630. The van der Waals surface area contributed by atoms with Crippen molar-refractivity contribution in [3.8, 4) is 0 Å². The van der Waals surface area contributed by atoms with E-state index in [-0.39, 0.29) is 40.6 Å². The van der Waals surface area contributed by atoms with E-state index in [1.54, 1.807) is 0 Å². The number of hydrogen-bond donors (Lipinski definition) is 3. The first-order valence-corrected chi connectivity index (χ1v) is 2.15. The van der Waals surface area contributed by atoms with E-state index in [4.69, 9.17) is 15.1 Å². The fraction of sp³-hybridized carbons (Fsp3) is 0. The predicted octanol–water partition coefficient (Wildman–Crippen LogP) is -7.98. The van der Waals surface area contributed by atoms with E-state index in [1.165, 1.54) is 0 Å². The third-order valence-corrected chi connectivity index (χ3v) is 0.307. The van der Waals surface area contributed by atoms with Crippen molar-refractivity contribution in [1.82, 2.24) is 0 Å². The Labute approximate surface area is 104 Å². The van der Waals surface area contributed by atoms with Crippen LogP contribution in [0.5, 0.6) is 0 Å². The summed E-state index contributed by atoms with van der Waals surface area (Å²) >= 11 is 0. The quantitative estimate of drug-likeness (QED) is 0.265. The van der Waals surface area contributed by atoms with E-state index in [0.717, 1.165) is 0 Å². The summed E-state index contributed by atoms with van der Waals surface area (Å²) in [5, 5.41) is 21.5. The molecule has 0 aromatic heterocycles. The third kappa shape index (κ3) is 22.7. The Hall–Kier alpha value is -0.0603. The molecule has 74 valence electrons. The van der Waals surface area contributed by atoms with E-state index in [1.807, 2.05) is 0 Å². The van der Waals surface area contributed by atoms with Gasteiger partial charge in [-0.3, -0.25) is 0 Å². The number of rotatable bonds is 0. The minimum atomic E-state index is -2.17. The molecule has 0 amide bonds. The molecule has 0 bridgehead atoms. The van der Waals surface area contributed by atoms with Crippen LogP contribution in [0.3, 0.4) is 0 Å². The van der Waals surface area contributed by atoms with Gasteiger partial charge in [-0.25, -0.2) is 19.5 Å². The predicted molar refractivity (Wildman–Crippen MR) is 29.0 cm³/mol. The first-order valence-electron chi connectivity index (χ1n) is 2.15. The molecule has 14 heavy (non-hydrogen) atoms. The summed E-state index contributed by atoms with van der Waals surface area (Å²) in [4.78, 5) is 23.4. The molecular weight excluding hydrogens is 199 g/mol. The maximum atomic E-state index is 10.5.